The number of ether oxygens (including phenoxy) is 2. The molecule has 0 spiro atoms. The molecule has 4 fully saturated rings. The van der Waals surface area contributed by atoms with Gasteiger partial charge in [-0.15, -0.1) is 0 Å². The van der Waals surface area contributed by atoms with Crippen LogP contribution >= 0.6 is 0 Å². The molecule has 294 valence electrons. The fraction of sp³-hybridized carbons (Fsp3) is 0.821. The Morgan fingerprint density at radius 1 is 0.981 bits per heavy atom. The molecule has 1 aromatic rings. The second-order valence-electron chi connectivity index (χ2n) is 16.6. The van der Waals surface area contributed by atoms with Crippen LogP contribution in [0.1, 0.15) is 101 Å². The molecule has 2 saturated heterocycles. The average molecular weight is 760 g/mol. The van der Waals surface area contributed by atoms with Crippen LogP contribution in [0.5, 0.6) is 5.75 Å². The van der Waals surface area contributed by atoms with Gasteiger partial charge in [0.05, 0.1) is 6.10 Å². The van der Waals surface area contributed by atoms with Crippen molar-refractivity contribution in [1.29, 1.82) is 0 Å². The number of fused-ring (bicyclic) bond motifs is 5. The summed E-state index contributed by atoms with van der Waals surface area (Å²) in [6.07, 6.45) is 3.01. The van der Waals surface area contributed by atoms with E-state index in [4.69, 9.17) is 9.47 Å². The third-order valence-electron chi connectivity index (χ3n) is 13.6. The van der Waals surface area contributed by atoms with E-state index < -0.39 is 41.8 Å². The van der Waals surface area contributed by atoms with Crippen LogP contribution in [0.4, 0.5) is 26.7 Å². The number of nitrogens with one attached hydrogen (secondary N) is 1. The third kappa shape index (κ3) is 8.83. The van der Waals surface area contributed by atoms with Gasteiger partial charge in [-0.1, -0.05) is 13.0 Å². The van der Waals surface area contributed by atoms with E-state index in [-0.39, 0.29) is 35.0 Å². The van der Waals surface area contributed by atoms with E-state index in [1.165, 1.54) is 24.0 Å². The Morgan fingerprint density at radius 2 is 1.69 bits per heavy atom. The third-order valence-corrected chi connectivity index (χ3v) is 15.0. The van der Waals surface area contributed by atoms with Gasteiger partial charge in [-0.25, -0.2) is 4.79 Å². The molecule has 52 heavy (non-hydrogen) atoms. The minimum atomic E-state index is -5.59. The van der Waals surface area contributed by atoms with Crippen LogP contribution in [0.2, 0.25) is 0 Å². The summed E-state index contributed by atoms with van der Waals surface area (Å²) in [5.41, 5.74) is 2.55. The molecule has 1 aromatic carbocycles. The van der Waals surface area contributed by atoms with E-state index in [1.54, 1.807) is 7.11 Å². The number of methoxy groups -OCH3 is 1. The molecule has 0 bridgehead atoms. The normalized spacial score (nSPS) is 31.4. The van der Waals surface area contributed by atoms with E-state index in [0.29, 0.717) is 36.0 Å². The molecule has 2 aliphatic heterocycles. The van der Waals surface area contributed by atoms with Gasteiger partial charge in [0.25, 0.3) is 0 Å². The van der Waals surface area contributed by atoms with Crippen LogP contribution in [0.25, 0.3) is 0 Å². The molecule has 13 heteroatoms. The zero-order valence-electron chi connectivity index (χ0n) is 31.0. The lowest BCUT2D eigenvalue weighted by Gasteiger charge is -2.53. The van der Waals surface area contributed by atoms with Crippen LogP contribution in [-0.2, 0) is 22.0 Å². The molecular weight excluding hydrogens is 702 g/mol. The topological polar surface area (TPSA) is 71.1 Å². The molecule has 2 heterocycles. The second-order valence-corrected chi connectivity index (χ2v) is 18.3. The van der Waals surface area contributed by atoms with Gasteiger partial charge in [-0.05, 0) is 150 Å². The van der Waals surface area contributed by atoms with Crippen LogP contribution in [0.15, 0.2) is 18.2 Å². The summed E-state index contributed by atoms with van der Waals surface area (Å²) in [6.45, 7) is 6.59. The molecule has 5 aliphatic rings. The summed E-state index contributed by atoms with van der Waals surface area (Å²) in [5, 5.41) is 3.11. The van der Waals surface area contributed by atoms with Gasteiger partial charge in [-0.2, -0.15) is 22.0 Å². The lowest BCUT2D eigenvalue weighted by Crippen LogP contribution is -2.51. The molecule has 0 radical (unpaired) electrons. The number of benzene rings is 1. The Bertz CT molecular complexity index is 1400. The maximum Gasteiger partial charge on any atom is 0.453 e. The van der Waals surface area contributed by atoms with E-state index in [2.05, 4.69) is 35.2 Å². The number of amides is 1. The largest absolute Gasteiger partial charge is 0.453 e. The average Bonchev–Trinajstić information content (AvgIpc) is 3.44. The number of nitrogens with zero attached hydrogens (tertiary/aromatic N) is 2. The van der Waals surface area contributed by atoms with Crippen molar-refractivity contribution < 1.29 is 40.4 Å². The molecule has 3 aliphatic carbocycles. The first kappa shape index (κ1) is 39.9. The summed E-state index contributed by atoms with van der Waals surface area (Å²) in [4.78, 5) is 18.0. The van der Waals surface area contributed by atoms with Crippen LogP contribution in [0, 0.1) is 23.2 Å². The van der Waals surface area contributed by atoms with Crippen molar-refractivity contribution in [1.82, 2.24) is 15.1 Å². The fourth-order valence-corrected chi connectivity index (χ4v) is 11.9. The van der Waals surface area contributed by atoms with Gasteiger partial charge < -0.3 is 24.6 Å². The smallest absolute Gasteiger partial charge is 0.410 e. The number of hydrogen-bond donors (Lipinski definition) is 1. The molecule has 1 N–H and O–H groups in total. The lowest BCUT2D eigenvalue weighted by molar-refractivity contribution is -0.284. The van der Waals surface area contributed by atoms with E-state index >= 15 is 0 Å². The Kier molecular flexibility index (Phi) is 12.6. The molecule has 0 aromatic heterocycles. The van der Waals surface area contributed by atoms with E-state index in [0.717, 1.165) is 77.5 Å². The van der Waals surface area contributed by atoms with E-state index in [9.17, 15) is 31.0 Å². The highest BCUT2D eigenvalue weighted by atomic mass is 32.2. The Morgan fingerprint density at radius 3 is 2.38 bits per heavy atom. The lowest BCUT2D eigenvalue weighted by atomic mass is 9.52. The van der Waals surface area contributed by atoms with Crippen molar-refractivity contribution >= 4 is 16.9 Å². The first-order valence-electron chi connectivity index (χ1n) is 19.5. The Hall–Kier alpha value is -1.83. The molecule has 1 amide bonds. The molecule has 7 nitrogen and oxygen atoms in total. The number of hydrogen-bond acceptors (Lipinski definition) is 6. The number of piperidine rings is 2. The highest BCUT2D eigenvalue weighted by molar-refractivity contribution is 7.84. The summed E-state index contributed by atoms with van der Waals surface area (Å²) >= 11 is 0. The van der Waals surface area contributed by atoms with Crippen molar-refractivity contribution in [3.05, 3.63) is 29.3 Å². The minimum Gasteiger partial charge on any atom is -0.410 e. The zero-order valence-corrected chi connectivity index (χ0v) is 31.9. The standard InChI is InChI=1S/C39H58F5N3O4S/c1-37-17-11-32-31-8-7-30(51-36(48)45-28-12-20-47(21-13-28)29-14-18-46(2)19-15-29)25-27(31)24-26(35(32)33(37)9-10-34(37)50-3)6-4-22-52(49)23-5-16-38(40,41)39(42,43)44/h7-8,25-26,28-29,32-35H,4-6,9-24H2,1-3H3,(H,45,48)/t26-,32-,33+,34+,35-,37+,52?/m1/s1. The molecule has 7 atom stereocenters. The number of carbonyl (C=O) groups is 1. The van der Waals surface area contributed by atoms with Crippen molar-refractivity contribution in [2.24, 2.45) is 23.2 Å². The highest BCUT2D eigenvalue weighted by Crippen LogP contribution is 2.63. The molecule has 6 rings (SSSR count). The fourth-order valence-electron chi connectivity index (χ4n) is 10.7. The molecular formula is C39H58F5N3O4S. The van der Waals surface area contributed by atoms with Crippen molar-refractivity contribution in [3.8, 4) is 5.75 Å². The SMILES string of the molecule is CO[C@H]1CC[C@H]2[C@@H]3[C@H](CCCS(=O)CCCC(F)(F)C(F)(F)F)Cc4cc(OC(=O)NC5CCN(C6CCN(C)CC6)CC5)ccc4[C@H]3CC[C@]12C. The highest BCUT2D eigenvalue weighted by Gasteiger charge is 2.58. The maximum atomic E-state index is 13.4. The Labute approximate surface area is 308 Å². The van der Waals surface area contributed by atoms with Gasteiger partial charge in [0.2, 0.25) is 0 Å². The zero-order chi connectivity index (χ0) is 37.3. The molecule has 1 unspecified atom stereocenters. The minimum absolute atomic E-state index is 0.0720. The van der Waals surface area contributed by atoms with Gasteiger partial charge >= 0.3 is 18.2 Å². The van der Waals surface area contributed by atoms with E-state index in [1.807, 2.05) is 12.1 Å². The predicted octanol–water partition coefficient (Wildman–Crippen LogP) is 7.94. The number of rotatable bonds is 12. The van der Waals surface area contributed by atoms with Gasteiger partial charge in [0.1, 0.15) is 5.75 Å². The predicted molar refractivity (Wildman–Crippen MR) is 192 cm³/mol. The van der Waals surface area contributed by atoms with Gasteiger partial charge in [0, 0.05) is 61.0 Å². The maximum absolute atomic E-state index is 13.4. The molecule has 2 saturated carbocycles. The van der Waals surface area contributed by atoms with Crippen LogP contribution in [0.3, 0.4) is 0 Å². The summed E-state index contributed by atoms with van der Waals surface area (Å²) in [5.74, 6) is -2.63. The second kappa shape index (κ2) is 16.5. The van der Waals surface area contributed by atoms with Crippen molar-refractivity contribution in [3.63, 3.8) is 0 Å². The monoisotopic (exact) mass is 759 g/mol. The first-order valence-corrected chi connectivity index (χ1v) is 21.0. The van der Waals surface area contributed by atoms with Crippen LogP contribution < -0.4 is 10.1 Å². The number of halogens is 5. The van der Waals surface area contributed by atoms with Crippen LogP contribution in [-0.4, -0.2) is 102 Å². The van der Waals surface area contributed by atoms with Gasteiger partial charge in [-0.3, -0.25) is 4.21 Å². The summed E-state index contributed by atoms with van der Waals surface area (Å²) in [7, 11) is 2.51. The van der Waals surface area contributed by atoms with Crippen molar-refractivity contribution in [2.45, 2.75) is 127 Å². The number of likely N-dealkylation sites (tertiary alicyclic amines) is 2. The summed E-state index contributed by atoms with van der Waals surface area (Å²) < 4.78 is 89.0. The number of alkyl halides is 5. The first-order chi connectivity index (χ1) is 24.7. The van der Waals surface area contributed by atoms with Crippen molar-refractivity contribution in [2.75, 3.05) is 51.8 Å². The van der Waals surface area contributed by atoms with Gasteiger partial charge in [0.15, 0.2) is 0 Å². The number of carbonyl (C=O) groups excluding carboxylic acids is 1. The summed E-state index contributed by atoms with van der Waals surface area (Å²) in [6, 6.07) is 6.79. The Balaban J connectivity index is 1.07. The quantitative estimate of drug-likeness (QED) is 0.219.